The van der Waals surface area contributed by atoms with Crippen LogP contribution in [0.3, 0.4) is 0 Å². The molecule has 0 aromatic rings. The van der Waals surface area contributed by atoms with Crippen molar-refractivity contribution in [3.05, 3.63) is 0 Å². The van der Waals surface area contributed by atoms with Gasteiger partial charge >= 0.3 is 0 Å². The van der Waals surface area contributed by atoms with Gasteiger partial charge in [-0.2, -0.15) is 0 Å². The van der Waals surface area contributed by atoms with E-state index in [1.165, 1.54) is 0 Å². The van der Waals surface area contributed by atoms with Crippen LogP contribution >= 0.6 is 11.6 Å². The highest BCUT2D eigenvalue weighted by atomic mass is 35.5. The molecule has 0 aromatic heterocycles. The Balaban J connectivity index is 2.99. The van der Waals surface area contributed by atoms with Gasteiger partial charge in [-0.1, -0.05) is 6.92 Å². The van der Waals surface area contributed by atoms with Crippen LogP contribution in [0.2, 0.25) is 0 Å². The molecular formula is C4H8ClN. The Bertz CT molecular complexity index is 45.5. The van der Waals surface area contributed by atoms with E-state index in [2.05, 4.69) is 0 Å². The van der Waals surface area contributed by atoms with E-state index < -0.39 is 0 Å². The summed E-state index contributed by atoms with van der Waals surface area (Å²) in [5.74, 6) is 0.385. The van der Waals surface area contributed by atoms with E-state index in [-0.39, 0.29) is 0 Å². The minimum absolute atomic E-state index is 0.385. The van der Waals surface area contributed by atoms with Crippen molar-refractivity contribution in [3.8, 4) is 0 Å². The molecule has 0 aromatic carbocycles. The molecule has 0 saturated heterocycles. The normalized spacial score (nSPS) is 8.33. The molecule has 0 bridgehead atoms. The molecular weight excluding hydrogens is 97.5 g/mol. The lowest BCUT2D eigenvalue weighted by Gasteiger charge is -1.84. The highest BCUT2D eigenvalue weighted by Gasteiger charge is 1.83. The largest absolute Gasteiger partial charge is 0.308 e. The summed E-state index contributed by atoms with van der Waals surface area (Å²) in [7, 11) is 0. The lowest BCUT2D eigenvalue weighted by Crippen LogP contribution is -1.92. The van der Waals surface area contributed by atoms with E-state index in [1.54, 1.807) is 0 Å². The number of rotatable bonds is 2. The van der Waals surface area contributed by atoms with Gasteiger partial charge in [-0.25, -0.2) is 0 Å². The molecule has 0 unspecified atom stereocenters. The molecule has 0 spiro atoms. The number of alkyl halides is 1. The lowest BCUT2D eigenvalue weighted by atomic mass is 10.3. The van der Waals surface area contributed by atoms with Gasteiger partial charge in [0.25, 0.3) is 0 Å². The monoisotopic (exact) mass is 105 g/mol. The van der Waals surface area contributed by atoms with Gasteiger partial charge in [0, 0.05) is 5.71 Å². The second kappa shape index (κ2) is 3.16. The van der Waals surface area contributed by atoms with Gasteiger partial charge < -0.3 is 5.41 Å². The van der Waals surface area contributed by atoms with Crippen molar-refractivity contribution in [3.63, 3.8) is 0 Å². The Morgan fingerprint density at radius 2 is 2.33 bits per heavy atom. The minimum atomic E-state index is 0.385. The Labute approximate surface area is 42.8 Å². The van der Waals surface area contributed by atoms with Crippen LogP contribution in [0.4, 0.5) is 0 Å². The Morgan fingerprint density at radius 1 is 1.83 bits per heavy atom. The summed E-state index contributed by atoms with van der Waals surface area (Å²) >= 11 is 5.23. The fraction of sp³-hybridized carbons (Fsp3) is 0.750. The SMILES string of the molecule is CCC(=N)CCl. The third-order valence-corrected chi connectivity index (χ3v) is 0.911. The second-order valence-corrected chi connectivity index (χ2v) is 1.36. The molecule has 0 aliphatic rings. The van der Waals surface area contributed by atoms with Crippen LogP contribution in [0.25, 0.3) is 0 Å². The molecule has 0 aliphatic heterocycles. The average Bonchev–Trinajstić information content (AvgIpc) is 1.65. The summed E-state index contributed by atoms with van der Waals surface area (Å²) in [6.07, 6.45) is 0.781. The zero-order valence-electron chi connectivity index (χ0n) is 3.79. The topological polar surface area (TPSA) is 23.9 Å². The van der Waals surface area contributed by atoms with E-state index in [9.17, 15) is 0 Å². The maximum Gasteiger partial charge on any atom is 0.0600 e. The van der Waals surface area contributed by atoms with Crippen molar-refractivity contribution < 1.29 is 0 Å². The predicted molar refractivity (Wildman–Crippen MR) is 28.7 cm³/mol. The number of halogens is 1. The molecule has 1 nitrogen and oxygen atoms in total. The van der Waals surface area contributed by atoms with E-state index in [4.69, 9.17) is 17.0 Å². The van der Waals surface area contributed by atoms with Crippen LogP contribution in [-0.2, 0) is 0 Å². The van der Waals surface area contributed by atoms with Crippen molar-refractivity contribution >= 4 is 17.3 Å². The first-order valence-corrected chi connectivity index (χ1v) is 2.47. The van der Waals surface area contributed by atoms with Gasteiger partial charge in [0.05, 0.1) is 5.88 Å². The standard InChI is InChI=1S/C4H8ClN/c1-2-4(6)3-5/h6H,2-3H2,1H3. The summed E-state index contributed by atoms with van der Waals surface area (Å²) < 4.78 is 0. The summed E-state index contributed by atoms with van der Waals surface area (Å²) in [5.41, 5.74) is 0.608. The highest BCUT2D eigenvalue weighted by Crippen LogP contribution is 1.82. The van der Waals surface area contributed by atoms with E-state index in [0.717, 1.165) is 6.42 Å². The van der Waals surface area contributed by atoms with Crippen LogP contribution in [-0.4, -0.2) is 11.6 Å². The zero-order chi connectivity index (χ0) is 4.99. The van der Waals surface area contributed by atoms with Crippen LogP contribution < -0.4 is 0 Å². The molecule has 0 atom stereocenters. The number of hydrogen-bond donors (Lipinski definition) is 1. The van der Waals surface area contributed by atoms with Gasteiger partial charge in [-0.3, -0.25) is 0 Å². The van der Waals surface area contributed by atoms with Crippen LogP contribution in [0.15, 0.2) is 0 Å². The minimum Gasteiger partial charge on any atom is -0.308 e. The van der Waals surface area contributed by atoms with Crippen molar-refractivity contribution in [2.75, 3.05) is 5.88 Å². The third kappa shape index (κ3) is 2.21. The van der Waals surface area contributed by atoms with Crippen molar-refractivity contribution in [1.29, 1.82) is 5.41 Å². The fourth-order valence-electron chi connectivity index (χ4n) is 0.0945. The maximum atomic E-state index is 6.85. The number of hydrogen-bond acceptors (Lipinski definition) is 1. The molecule has 6 heavy (non-hydrogen) atoms. The first kappa shape index (κ1) is 5.96. The average molecular weight is 106 g/mol. The van der Waals surface area contributed by atoms with Crippen molar-refractivity contribution in [2.24, 2.45) is 0 Å². The summed E-state index contributed by atoms with van der Waals surface area (Å²) in [4.78, 5) is 0. The molecule has 1 N–H and O–H groups in total. The van der Waals surface area contributed by atoms with E-state index in [0.29, 0.717) is 11.6 Å². The molecule has 0 rings (SSSR count). The first-order chi connectivity index (χ1) is 2.81. The molecule has 0 amide bonds. The molecule has 2 heteroatoms. The van der Waals surface area contributed by atoms with Crippen molar-refractivity contribution in [1.82, 2.24) is 0 Å². The summed E-state index contributed by atoms with van der Waals surface area (Å²) in [6, 6.07) is 0. The summed E-state index contributed by atoms with van der Waals surface area (Å²) in [6.45, 7) is 1.92. The Kier molecular flexibility index (Phi) is 3.14. The van der Waals surface area contributed by atoms with Gasteiger partial charge in [0.15, 0.2) is 0 Å². The van der Waals surface area contributed by atoms with Crippen LogP contribution in [0.5, 0.6) is 0 Å². The Hall–Kier alpha value is -0.0400. The fourth-order valence-corrected chi connectivity index (χ4v) is 0.283. The van der Waals surface area contributed by atoms with Gasteiger partial charge in [0.2, 0.25) is 0 Å². The molecule has 0 aliphatic carbocycles. The number of nitrogens with one attached hydrogen (secondary N) is 1. The third-order valence-electron chi connectivity index (χ3n) is 0.588. The molecule has 36 valence electrons. The van der Waals surface area contributed by atoms with Crippen molar-refractivity contribution in [2.45, 2.75) is 13.3 Å². The lowest BCUT2D eigenvalue weighted by molar-refractivity contribution is 1.23. The molecule has 0 heterocycles. The van der Waals surface area contributed by atoms with E-state index in [1.807, 2.05) is 6.92 Å². The van der Waals surface area contributed by atoms with Gasteiger partial charge in [0.1, 0.15) is 0 Å². The van der Waals surface area contributed by atoms with E-state index >= 15 is 0 Å². The summed E-state index contributed by atoms with van der Waals surface area (Å²) in [5, 5.41) is 6.85. The highest BCUT2D eigenvalue weighted by molar-refractivity contribution is 6.28. The Morgan fingerprint density at radius 3 is 2.33 bits per heavy atom. The second-order valence-electron chi connectivity index (χ2n) is 1.09. The molecule has 0 saturated carbocycles. The first-order valence-electron chi connectivity index (χ1n) is 1.93. The van der Waals surface area contributed by atoms with Crippen LogP contribution in [0, 0.1) is 5.41 Å². The quantitative estimate of drug-likeness (QED) is 0.408. The molecule has 0 radical (unpaired) electrons. The molecule has 0 fully saturated rings. The van der Waals surface area contributed by atoms with Crippen LogP contribution in [0.1, 0.15) is 13.3 Å². The maximum absolute atomic E-state index is 6.85. The van der Waals surface area contributed by atoms with Gasteiger partial charge in [-0.05, 0) is 6.42 Å². The zero-order valence-corrected chi connectivity index (χ0v) is 4.55. The predicted octanol–water partition coefficient (Wildman–Crippen LogP) is 1.65. The smallest absolute Gasteiger partial charge is 0.0600 e. The van der Waals surface area contributed by atoms with Gasteiger partial charge in [-0.15, -0.1) is 11.6 Å².